The van der Waals surface area contributed by atoms with E-state index in [4.69, 9.17) is 0 Å². The van der Waals surface area contributed by atoms with E-state index in [1.807, 2.05) is 13.0 Å². The van der Waals surface area contributed by atoms with Crippen LogP contribution in [0.5, 0.6) is 5.75 Å². The number of likely N-dealkylation sites (N-methyl/N-ethyl adjacent to an activating group) is 1. The molecular formula is C25H23F3N4O4S. The standard InChI is InChI=1S/C25H23F3N4O4S/c1-16-5-11-19(12-6-16)37(34,35)31-15-13-21-22(20-4-3-14-30(2)23(20)31)29-32(24(21)33)17-7-9-18(10-8-17)36-25(26,27)28/h3-12,29H,13-15H2,1-2H3. The number of allylic oxidation sites excluding steroid dienone is 2. The van der Waals surface area contributed by atoms with Crippen LogP contribution in [0.3, 0.4) is 0 Å². The number of H-pyrrole nitrogens is 1. The number of nitrogens with one attached hydrogen (secondary N) is 1. The lowest BCUT2D eigenvalue weighted by Gasteiger charge is -2.34. The summed E-state index contributed by atoms with van der Waals surface area (Å²) in [6.07, 6.45) is -1.05. The number of aryl methyl sites for hydroxylation is 1. The van der Waals surface area contributed by atoms with Crippen molar-refractivity contribution in [2.24, 2.45) is 0 Å². The maximum absolute atomic E-state index is 13.7. The number of hydrogen-bond donors (Lipinski definition) is 1. The molecule has 2 aliphatic rings. The number of ether oxygens (including phenoxy) is 1. The van der Waals surface area contributed by atoms with Gasteiger partial charge in [-0.25, -0.2) is 13.1 Å². The highest BCUT2D eigenvalue weighted by molar-refractivity contribution is 7.89. The summed E-state index contributed by atoms with van der Waals surface area (Å²) < 4.78 is 71.4. The van der Waals surface area contributed by atoms with E-state index in [0.29, 0.717) is 34.9 Å². The third-order valence-electron chi connectivity index (χ3n) is 6.26. The maximum atomic E-state index is 13.7. The highest BCUT2D eigenvalue weighted by atomic mass is 32.2. The summed E-state index contributed by atoms with van der Waals surface area (Å²) in [5.74, 6) is 0.0281. The first-order valence-electron chi connectivity index (χ1n) is 11.4. The van der Waals surface area contributed by atoms with Gasteiger partial charge in [0.15, 0.2) is 0 Å². The van der Waals surface area contributed by atoms with Gasteiger partial charge in [-0.2, -0.15) is 0 Å². The molecule has 0 aliphatic carbocycles. The molecular weight excluding hydrogens is 509 g/mol. The normalized spacial score (nSPS) is 15.9. The summed E-state index contributed by atoms with van der Waals surface area (Å²) in [7, 11) is -2.15. The van der Waals surface area contributed by atoms with E-state index in [1.165, 1.54) is 21.1 Å². The van der Waals surface area contributed by atoms with Gasteiger partial charge in [0.1, 0.15) is 11.6 Å². The Morgan fingerprint density at radius 3 is 2.35 bits per heavy atom. The fourth-order valence-electron chi connectivity index (χ4n) is 4.51. The highest BCUT2D eigenvalue weighted by Gasteiger charge is 2.36. The summed E-state index contributed by atoms with van der Waals surface area (Å²) in [4.78, 5) is 15.3. The van der Waals surface area contributed by atoms with Gasteiger partial charge >= 0.3 is 6.36 Å². The van der Waals surface area contributed by atoms with E-state index in [2.05, 4.69) is 9.84 Å². The third kappa shape index (κ3) is 4.52. The summed E-state index contributed by atoms with van der Waals surface area (Å²) in [6, 6.07) is 11.5. The Kier molecular flexibility index (Phi) is 5.94. The van der Waals surface area contributed by atoms with E-state index < -0.39 is 27.7 Å². The largest absolute Gasteiger partial charge is 0.573 e. The van der Waals surface area contributed by atoms with Crippen LogP contribution in [-0.4, -0.2) is 53.9 Å². The second kappa shape index (κ2) is 8.87. The fraction of sp³-hybridized carbons (Fsp3) is 0.240. The van der Waals surface area contributed by atoms with E-state index in [9.17, 15) is 26.4 Å². The number of aromatic amines is 1. The molecule has 2 aromatic carbocycles. The smallest absolute Gasteiger partial charge is 0.406 e. The molecule has 37 heavy (non-hydrogen) atoms. The lowest BCUT2D eigenvalue weighted by atomic mass is 10.1. The first-order chi connectivity index (χ1) is 17.5. The molecule has 5 rings (SSSR count). The first-order valence-corrected chi connectivity index (χ1v) is 12.8. The minimum absolute atomic E-state index is 0.0334. The van der Waals surface area contributed by atoms with Crippen molar-refractivity contribution in [3.63, 3.8) is 0 Å². The van der Waals surface area contributed by atoms with E-state index in [1.54, 1.807) is 42.3 Å². The molecule has 0 radical (unpaired) electrons. The predicted octanol–water partition coefficient (Wildman–Crippen LogP) is 3.79. The van der Waals surface area contributed by atoms with Crippen molar-refractivity contribution in [3.05, 3.63) is 93.7 Å². The van der Waals surface area contributed by atoms with Crippen molar-refractivity contribution < 1.29 is 26.3 Å². The number of nitrogens with zero attached hydrogens (tertiary/aromatic N) is 3. The van der Waals surface area contributed by atoms with Crippen molar-refractivity contribution in [2.45, 2.75) is 24.6 Å². The minimum Gasteiger partial charge on any atom is -0.406 e. The Morgan fingerprint density at radius 1 is 1.03 bits per heavy atom. The van der Waals surface area contributed by atoms with Crippen LogP contribution in [0.25, 0.3) is 11.3 Å². The molecule has 0 saturated carbocycles. The number of rotatable bonds is 4. The van der Waals surface area contributed by atoms with Crippen molar-refractivity contribution in [2.75, 3.05) is 20.1 Å². The van der Waals surface area contributed by atoms with Gasteiger partial charge in [-0.15, -0.1) is 13.2 Å². The molecule has 3 aromatic rings. The SMILES string of the molecule is Cc1ccc(S(=O)(=O)N2CCc3c([nH]n(-c4ccc(OC(F)(F)F)cc4)c3=O)C3=C2N(C)CC=C3)cc1. The van der Waals surface area contributed by atoms with Crippen LogP contribution in [-0.2, 0) is 16.4 Å². The van der Waals surface area contributed by atoms with E-state index in [-0.39, 0.29) is 17.9 Å². The molecule has 0 unspecified atom stereocenters. The van der Waals surface area contributed by atoms with Crippen LogP contribution in [0.1, 0.15) is 16.8 Å². The van der Waals surface area contributed by atoms with Crippen molar-refractivity contribution in [1.82, 2.24) is 19.0 Å². The number of hydrogen-bond acceptors (Lipinski definition) is 5. The molecule has 1 N–H and O–H groups in total. The average molecular weight is 533 g/mol. The Balaban J connectivity index is 1.60. The fourth-order valence-corrected chi connectivity index (χ4v) is 6.04. The second-order valence-corrected chi connectivity index (χ2v) is 10.7. The summed E-state index contributed by atoms with van der Waals surface area (Å²) in [6.45, 7) is 2.38. The molecule has 3 heterocycles. The number of benzene rings is 2. The lowest BCUT2D eigenvalue weighted by molar-refractivity contribution is -0.274. The van der Waals surface area contributed by atoms with Crippen LogP contribution in [0.15, 0.2) is 76.2 Å². The topological polar surface area (TPSA) is 87.6 Å². The van der Waals surface area contributed by atoms with Crippen LogP contribution in [0.2, 0.25) is 0 Å². The van der Waals surface area contributed by atoms with Gasteiger partial charge in [0.05, 0.1) is 16.3 Å². The van der Waals surface area contributed by atoms with Gasteiger partial charge in [0.2, 0.25) is 0 Å². The molecule has 0 fully saturated rings. The van der Waals surface area contributed by atoms with Crippen LogP contribution >= 0.6 is 0 Å². The summed E-state index contributed by atoms with van der Waals surface area (Å²) in [5, 5.41) is 3.05. The molecule has 0 amide bonds. The van der Waals surface area contributed by atoms with Crippen LogP contribution in [0.4, 0.5) is 13.2 Å². The quantitative estimate of drug-likeness (QED) is 0.553. The van der Waals surface area contributed by atoms with Crippen LogP contribution < -0.4 is 10.3 Å². The summed E-state index contributed by atoms with van der Waals surface area (Å²) >= 11 is 0. The highest BCUT2D eigenvalue weighted by Crippen LogP contribution is 2.35. The Bertz CT molecular complexity index is 1570. The number of aromatic nitrogens is 2. The minimum atomic E-state index is -4.82. The van der Waals surface area contributed by atoms with Gasteiger partial charge in [-0.3, -0.25) is 14.2 Å². The molecule has 0 saturated heterocycles. The van der Waals surface area contributed by atoms with Crippen molar-refractivity contribution >= 4 is 15.6 Å². The molecule has 8 nitrogen and oxygen atoms in total. The van der Waals surface area contributed by atoms with Gasteiger partial charge in [0.25, 0.3) is 15.6 Å². The van der Waals surface area contributed by atoms with Crippen molar-refractivity contribution in [3.8, 4) is 11.4 Å². The number of halogens is 3. The monoisotopic (exact) mass is 532 g/mol. The second-order valence-electron chi connectivity index (χ2n) is 8.81. The van der Waals surface area contributed by atoms with Crippen LogP contribution in [0, 0.1) is 6.92 Å². The first kappa shape index (κ1) is 24.8. The molecule has 0 atom stereocenters. The lowest BCUT2D eigenvalue weighted by Crippen LogP contribution is -2.40. The molecule has 0 bridgehead atoms. The maximum Gasteiger partial charge on any atom is 0.573 e. The Morgan fingerprint density at radius 2 is 1.70 bits per heavy atom. The molecule has 1 aromatic heterocycles. The van der Waals surface area contributed by atoms with E-state index in [0.717, 1.165) is 17.7 Å². The third-order valence-corrected chi connectivity index (χ3v) is 8.06. The van der Waals surface area contributed by atoms with E-state index >= 15 is 0 Å². The number of fused-ring (bicyclic) bond motifs is 2. The molecule has 0 spiro atoms. The average Bonchev–Trinajstić information content (AvgIpc) is 3.05. The number of sulfonamides is 1. The van der Waals surface area contributed by atoms with Gasteiger partial charge in [-0.05, 0) is 49.7 Å². The molecule has 194 valence electrons. The van der Waals surface area contributed by atoms with Gasteiger partial charge in [0, 0.05) is 31.3 Å². The number of alkyl halides is 3. The summed E-state index contributed by atoms with van der Waals surface area (Å²) in [5.41, 5.74) is 2.20. The van der Waals surface area contributed by atoms with Crippen molar-refractivity contribution in [1.29, 1.82) is 0 Å². The molecule has 2 aliphatic heterocycles. The Labute approximate surface area is 210 Å². The van der Waals surface area contributed by atoms with Gasteiger partial charge in [-0.1, -0.05) is 29.8 Å². The zero-order chi connectivity index (χ0) is 26.5. The van der Waals surface area contributed by atoms with Gasteiger partial charge < -0.3 is 9.64 Å². The predicted molar refractivity (Wildman–Crippen MR) is 131 cm³/mol. The Hall–Kier alpha value is -3.93. The zero-order valence-corrected chi connectivity index (χ0v) is 20.7. The molecule has 12 heteroatoms. The zero-order valence-electron chi connectivity index (χ0n) is 19.9.